The molecule has 0 aliphatic carbocycles. The number of benzene rings is 2. The second-order valence-electron chi connectivity index (χ2n) is 3.92. The van der Waals surface area contributed by atoms with Crippen LogP contribution < -0.4 is 0 Å². The van der Waals surface area contributed by atoms with E-state index in [1.165, 1.54) is 12.1 Å². The summed E-state index contributed by atoms with van der Waals surface area (Å²) in [5, 5.41) is 9.75. The summed E-state index contributed by atoms with van der Waals surface area (Å²) < 4.78 is 39.5. The average molecular weight is 266 g/mol. The highest BCUT2D eigenvalue weighted by Crippen LogP contribution is 2.24. The topological polar surface area (TPSA) is 37.3 Å². The van der Waals surface area contributed by atoms with Gasteiger partial charge in [0.05, 0.1) is 0 Å². The average Bonchev–Trinajstić information content (AvgIpc) is 2.42. The van der Waals surface area contributed by atoms with Gasteiger partial charge in [-0.1, -0.05) is 30.3 Å². The molecule has 19 heavy (non-hydrogen) atoms. The number of aliphatic hydroxyl groups excluding tert-OH is 1. The zero-order valence-corrected chi connectivity index (χ0v) is 9.61. The molecule has 0 aromatic heterocycles. The number of aliphatic hydroxyl groups is 1. The van der Waals surface area contributed by atoms with E-state index >= 15 is 0 Å². The minimum atomic E-state index is -1.95. The molecule has 0 saturated heterocycles. The highest BCUT2D eigenvalue weighted by molar-refractivity contribution is 5.99. The Balaban J connectivity index is 2.40. The number of halogens is 3. The Kier molecular flexibility index (Phi) is 3.66. The monoisotopic (exact) mass is 266 g/mol. The highest BCUT2D eigenvalue weighted by atomic mass is 19.2. The Morgan fingerprint density at radius 3 is 2.32 bits per heavy atom. The van der Waals surface area contributed by atoms with Crippen LogP contribution in [-0.4, -0.2) is 10.9 Å². The quantitative estimate of drug-likeness (QED) is 0.685. The van der Waals surface area contributed by atoms with Gasteiger partial charge in [0.1, 0.15) is 11.9 Å². The lowest BCUT2D eigenvalue weighted by Gasteiger charge is -2.11. The third-order valence-electron chi connectivity index (χ3n) is 2.62. The van der Waals surface area contributed by atoms with Crippen LogP contribution in [0.15, 0.2) is 42.5 Å². The van der Waals surface area contributed by atoms with Crippen LogP contribution in [0.4, 0.5) is 13.2 Å². The maximum atomic E-state index is 13.5. The van der Waals surface area contributed by atoms with Crippen molar-refractivity contribution in [1.82, 2.24) is 0 Å². The SMILES string of the molecule is O=C(c1ccccc1)[C@H](O)c1cc(F)cc(F)c1F. The Bertz CT molecular complexity index is 612. The summed E-state index contributed by atoms with van der Waals surface area (Å²) in [7, 11) is 0. The number of ketones is 1. The molecule has 0 saturated carbocycles. The van der Waals surface area contributed by atoms with Gasteiger partial charge >= 0.3 is 0 Å². The molecule has 2 aromatic rings. The zero-order valence-electron chi connectivity index (χ0n) is 9.61. The van der Waals surface area contributed by atoms with Gasteiger partial charge < -0.3 is 5.11 Å². The van der Waals surface area contributed by atoms with Gasteiger partial charge in [-0.25, -0.2) is 13.2 Å². The second-order valence-corrected chi connectivity index (χ2v) is 3.92. The molecule has 5 heteroatoms. The maximum absolute atomic E-state index is 13.5. The van der Waals surface area contributed by atoms with E-state index in [0.717, 1.165) is 0 Å². The number of carbonyl (C=O) groups excluding carboxylic acids is 1. The van der Waals surface area contributed by atoms with Crippen molar-refractivity contribution in [2.75, 3.05) is 0 Å². The van der Waals surface area contributed by atoms with Crippen molar-refractivity contribution in [3.63, 3.8) is 0 Å². The molecule has 0 bridgehead atoms. The minimum Gasteiger partial charge on any atom is -0.380 e. The van der Waals surface area contributed by atoms with Crippen LogP contribution in [0.1, 0.15) is 22.0 Å². The number of hydrogen-bond donors (Lipinski definition) is 1. The summed E-state index contributed by atoms with van der Waals surface area (Å²) in [6.45, 7) is 0. The van der Waals surface area contributed by atoms with Crippen molar-refractivity contribution >= 4 is 5.78 Å². The van der Waals surface area contributed by atoms with Crippen LogP contribution in [0, 0.1) is 17.5 Å². The molecule has 0 aliphatic rings. The first kappa shape index (κ1) is 13.3. The Morgan fingerprint density at radius 2 is 1.68 bits per heavy atom. The molecular weight excluding hydrogens is 257 g/mol. The zero-order chi connectivity index (χ0) is 14.0. The van der Waals surface area contributed by atoms with Crippen LogP contribution in [0.3, 0.4) is 0 Å². The molecular formula is C14H9F3O2. The number of carbonyl (C=O) groups is 1. The number of hydrogen-bond acceptors (Lipinski definition) is 2. The molecule has 2 nitrogen and oxygen atoms in total. The first-order valence-corrected chi connectivity index (χ1v) is 5.42. The second kappa shape index (κ2) is 5.24. The first-order valence-electron chi connectivity index (χ1n) is 5.42. The van der Waals surface area contributed by atoms with Gasteiger partial charge in [0.15, 0.2) is 17.4 Å². The Hall–Kier alpha value is -2.14. The van der Waals surface area contributed by atoms with E-state index in [4.69, 9.17) is 0 Å². The molecule has 0 aliphatic heterocycles. The van der Waals surface area contributed by atoms with Crippen molar-refractivity contribution < 1.29 is 23.1 Å². The lowest BCUT2D eigenvalue weighted by molar-refractivity contribution is 0.0738. The fourth-order valence-corrected chi connectivity index (χ4v) is 1.68. The maximum Gasteiger partial charge on any atom is 0.195 e. The highest BCUT2D eigenvalue weighted by Gasteiger charge is 2.24. The molecule has 1 N–H and O–H groups in total. The normalized spacial score (nSPS) is 12.2. The molecule has 0 radical (unpaired) electrons. The summed E-state index contributed by atoms with van der Waals surface area (Å²) in [4.78, 5) is 11.9. The van der Waals surface area contributed by atoms with Crippen molar-refractivity contribution in [3.05, 3.63) is 71.0 Å². The van der Waals surface area contributed by atoms with E-state index in [9.17, 15) is 23.1 Å². The van der Waals surface area contributed by atoms with Gasteiger partial charge in [0.25, 0.3) is 0 Å². The van der Waals surface area contributed by atoms with Gasteiger partial charge in [0, 0.05) is 17.2 Å². The third kappa shape index (κ3) is 2.66. The van der Waals surface area contributed by atoms with E-state index in [1.54, 1.807) is 18.2 Å². The molecule has 0 spiro atoms. The number of rotatable bonds is 3. The summed E-state index contributed by atoms with van der Waals surface area (Å²) in [5.41, 5.74) is -0.592. The van der Waals surface area contributed by atoms with Gasteiger partial charge in [-0.05, 0) is 6.07 Å². The molecule has 0 amide bonds. The van der Waals surface area contributed by atoms with E-state index in [2.05, 4.69) is 0 Å². The van der Waals surface area contributed by atoms with Gasteiger partial charge in [0.2, 0.25) is 0 Å². The fraction of sp³-hybridized carbons (Fsp3) is 0.0714. The van der Waals surface area contributed by atoms with Crippen LogP contribution in [0.25, 0.3) is 0 Å². The summed E-state index contributed by atoms with van der Waals surface area (Å²) >= 11 is 0. The predicted molar refractivity (Wildman–Crippen MR) is 62.0 cm³/mol. The summed E-state index contributed by atoms with van der Waals surface area (Å²) in [6.07, 6.45) is -1.95. The largest absolute Gasteiger partial charge is 0.380 e. The molecule has 0 unspecified atom stereocenters. The Labute approximate surface area is 107 Å². The predicted octanol–water partition coefficient (Wildman–Crippen LogP) is 3.02. The van der Waals surface area contributed by atoms with Gasteiger partial charge in [-0.15, -0.1) is 0 Å². The third-order valence-corrected chi connectivity index (χ3v) is 2.62. The minimum absolute atomic E-state index is 0.124. The first-order chi connectivity index (χ1) is 9.00. The molecule has 2 aromatic carbocycles. The smallest absolute Gasteiger partial charge is 0.195 e. The van der Waals surface area contributed by atoms with E-state index in [0.29, 0.717) is 12.1 Å². The van der Waals surface area contributed by atoms with Crippen molar-refractivity contribution in [2.45, 2.75) is 6.10 Å². The van der Waals surface area contributed by atoms with Crippen molar-refractivity contribution in [2.24, 2.45) is 0 Å². The van der Waals surface area contributed by atoms with Crippen LogP contribution in [0.5, 0.6) is 0 Å². The van der Waals surface area contributed by atoms with Crippen LogP contribution in [0.2, 0.25) is 0 Å². The lowest BCUT2D eigenvalue weighted by Crippen LogP contribution is -2.15. The van der Waals surface area contributed by atoms with Gasteiger partial charge in [-0.2, -0.15) is 0 Å². The fourth-order valence-electron chi connectivity index (χ4n) is 1.68. The van der Waals surface area contributed by atoms with Crippen molar-refractivity contribution in [3.8, 4) is 0 Å². The lowest BCUT2D eigenvalue weighted by atomic mass is 9.99. The molecule has 98 valence electrons. The molecule has 2 rings (SSSR count). The standard InChI is InChI=1S/C14H9F3O2/c15-9-6-10(12(17)11(16)7-9)14(19)13(18)8-4-2-1-3-5-8/h1-7,14,19H/t14-/m1/s1. The Morgan fingerprint density at radius 1 is 1.05 bits per heavy atom. The van der Waals surface area contributed by atoms with Crippen LogP contribution in [-0.2, 0) is 0 Å². The van der Waals surface area contributed by atoms with E-state index in [1.807, 2.05) is 0 Å². The van der Waals surface area contributed by atoms with Crippen molar-refractivity contribution in [1.29, 1.82) is 0 Å². The molecule has 0 heterocycles. The molecule has 1 atom stereocenters. The van der Waals surface area contributed by atoms with E-state index in [-0.39, 0.29) is 5.56 Å². The number of Topliss-reactive ketones (excluding diaryl/α,β-unsaturated/α-hetero) is 1. The summed E-state index contributed by atoms with van der Waals surface area (Å²) in [5.74, 6) is -4.77. The van der Waals surface area contributed by atoms with Gasteiger partial charge in [-0.3, -0.25) is 4.79 Å². The summed E-state index contributed by atoms with van der Waals surface area (Å²) in [6, 6.07) is 8.55. The van der Waals surface area contributed by atoms with E-state index < -0.39 is 34.9 Å². The van der Waals surface area contributed by atoms with Crippen LogP contribution >= 0.6 is 0 Å². The molecule has 0 fully saturated rings.